The Kier molecular flexibility index (Phi) is 2.71. The van der Waals surface area contributed by atoms with Crippen LogP contribution in [0, 0.1) is 0 Å². The molecule has 1 aromatic carbocycles. The first kappa shape index (κ1) is 10.9. The summed E-state index contributed by atoms with van der Waals surface area (Å²) in [5, 5.41) is 0.725. The number of benzene rings is 1. The van der Waals surface area contributed by atoms with Gasteiger partial charge in [-0.2, -0.15) is 4.99 Å². The lowest BCUT2D eigenvalue weighted by molar-refractivity contribution is -0.738. The van der Waals surface area contributed by atoms with Crippen molar-refractivity contribution in [2.75, 3.05) is 14.1 Å². The summed E-state index contributed by atoms with van der Waals surface area (Å²) in [5.74, 6) is 1.01. The molecule has 4 heteroatoms. The van der Waals surface area contributed by atoms with Crippen LogP contribution in [0.5, 0.6) is 0 Å². The van der Waals surface area contributed by atoms with Crippen LogP contribution in [0.3, 0.4) is 0 Å². The van der Waals surface area contributed by atoms with E-state index in [4.69, 9.17) is 11.6 Å². The van der Waals surface area contributed by atoms with Crippen molar-refractivity contribution < 1.29 is 4.48 Å². The summed E-state index contributed by atoms with van der Waals surface area (Å²) in [7, 11) is 4.17. The predicted octanol–water partition coefficient (Wildman–Crippen LogP) is 3.41. The fourth-order valence-corrected chi connectivity index (χ4v) is 2.40. The minimum absolute atomic E-state index is 0.653. The summed E-state index contributed by atoms with van der Waals surface area (Å²) in [4.78, 5) is 4.38. The number of halogens is 2. The molecular formula is C11H11BrClN2+. The summed E-state index contributed by atoms with van der Waals surface area (Å²) >= 11 is 9.41. The van der Waals surface area contributed by atoms with Crippen LogP contribution in [0.4, 0.5) is 0 Å². The number of hydrogen-bond acceptors (Lipinski definition) is 1. The highest BCUT2D eigenvalue weighted by Crippen LogP contribution is 2.26. The lowest BCUT2D eigenvalue weighted by Crippen LogP contribution is -2.38. The monoisotopic (exact) mass is 285 g/mol. The third kappa shape index (κ3) is 2.00. The molecule has 0 saturated heterocycles. The number of nitrogens with zero attached hydrogens (tertiary/aromatic N) is 2. The Morgan fingerprint density at radius 1 is 1.33 bits per heavy atom. The predicted molar refractivity (Wildman–Crippen MR) is 66.9 cm³/mol. The van der Waals surface area contributed by atoms with Gasteiger partial charge in [-0.25, -0.2) is 0 Å². The summed E-state index contributed by atoms with van der Waals surface area (Å²) in [6.45, 7) is 0. The minimum Gasteiger partial charge on any atom is -0.251 e. The van der Waals surface area contributed by atoms with Gasteiger partial charge in [0.2, 0.25) is 5.84 Å². The average molecular weight is 287 g/mol. The van der Waals surface area contributed by atoms with Crippen molar-refractivity contribution in [1.29, 1.82) is 0 Å². The van der Waals surface area contributed by atoms with Gasteiger partial charge in [-0.1, -0.05) is 11.6 Å². The molecule has 0 N–H and O–H groups in total. The number of quaternary nitrogens is 1. The van der Waals surface area contributed by atoms with Crippen LogP contribution in [0.2, 0.25) is 5.02 Å². The fraction of sp³-hybridized carbons (Fsp3) is 0.182. The van der Waals surface area contributed by atoms with Crippen LogP contribution in [0.15, 0.2) is 40.1 Å². The van der Waals surface area contributed by atoms with Crippen molar-refractivity contribution in [3.8, 4) is 0 Å². The molecule has 0 fully saturated rings. The van der Waals surface area contributed by atoms with Crippen molar-refractivity contribution >= 4 is 33.4 Å². The van der Waals surface area contributed by atoms with Gasteiger partial charge >= 0.3 is 0 Å². The van der Waals surface area contributed by atoms with Gasteiger partial charge in [0.25, 0.3) is 0 Å². The first-order valence-corrected chi connectivity index (χ1v) is 5.73. The average Bonchev–Trinajstić information content (AvgIpc) is 2.46. The highest BCUT2D eigenvalue weighted by atomic mass is 79.9. The van der Waals surface area contributed by atoms with Crippen molar-refractivity contribution in [3.63, 3.8) is 0 Å². The fourth-order valence-electron chi connectivity index (χ4n) is 1.54. The van der Waals surface area contributed by atoms with E-state index >= 15 is 0 Å². The zero-order chi connectivity index (χ0) is 11.1. The molecule has 0 unspecified atom stereocenters. The maximum Gasteiger partial charge on any atom is 0.240 e. The Hall–Kier alpha value is -0.640. The Bertz CT molecular complexity index is 464. The number of aliphatic imine (C=N–C) groups is 1. The van der Waals surface area contributed by atoms with Gasteiger partial charge in [0.15, 0.2) is 0 Å². The molecule has 0 aromatic heterocycles. The molecule has 1 heterocycles. The first-order valence-electron chi connectivity index (χ1n) is 4.56. The molecule has 0 radical (unpaired) electrons. The van der Waals surface area contributed by atoms with E-state index in [9.17, 15) is 0 Å². The highest BCUT2D eigenvalue weighted by molar-refractivity contribution is 9.10. The minimum atomic E-state index is 0.653. The smallest absolute Gasteiger partial charge is 0.240 e. The Balaban J connectivity index is 2.48. The van der Waals surface area contributed by atoms with Gasteiger partial charge in [-0.3, -0.25) is 4.48 Å². The number of amidine groups is 1. The van der Waals surface area contributed by atoms with Crippen LogP contribution in [-0.2, 0) is 0 Å². The molecule has 0 saturated carbocycles. The lowest BCUT2D eigenvalue weighted by Gasteiger charge is -2.22. The first-order chi connectivity index (χ1) is 7.00. The van der Waals surface area contributed by atoms with Crippen molar-refractivity contribution in [1.82, 2.24) is 0 Å². The summed E-state index contributed by atoms with van der Waals surface area (Å²) in [6.07, 6.45) is 3.87. The molecule has 0 spiro atoms. The van der Waals surface area contributed by atoms with E-state index in [0.717, 1.165) is 20.9 Å². The van der Waals surface area contributed by atoms with Gasteiger partial charge < -0.3 is 0 Å². The molecular weight excluding hydrogens is 275 g/mol. The highest BCUT2D eigenvalue weighted by Gasteiger charge is 2.28. The van der Waals surface area contributed by atoms with Crippen LogP contribution in [-0.4, -0.2) is 24.4 Å². The summed E-state index contributed by atoms with van der Waals surface area (Å²) in [5.41, 5.74) is 1.08. The molecule has 2 rings (SSSR count). The molecule has 1 aliphatic rings. The standard InChI is InChI=1S/C11H11BrClN2/c1-15(2)6-5-14-11(15)9-4-3-8(13)7-10(9)12/h3-7H,1-2H3/q+1. The topological polar surface area (TPSA) is 12.4 Å². The summed E-state index contributed by atoms with van der Waals surface area (Å²) < 4.78 is 1.63. The van der Waals surface area contributed by atoms with E-state index < -0.39 is 0 Å². The number of rotatable bonds is 1. The van der Waals surface area contributed by atoms with Crippen LogP contribution < -0.4 is 0 Å². The molecule has 78 valence electrons. The third-order valence-corrected chi connectivity index (χ3v) is 3.25. The van der Waals surface area contributed by atoms with E-state index in [-0.39, 0.29) is 0 Å². The second-order valence-electron chi connectivity index (χ2n) is 3.91. The van der Waals surface area contributed by atoms with Crippen molar-refractivity contribution in [2.45, 2.75) is 0 Å². The van der Waals surface area contributed by atoms with Crippen LogP contribution in [0.1, 0.15) is 5.56 Å². The molecule has 0 aliphatic carbocycles. The molecule has 2 nitrogen and oxygen atoms in total. The molecule has 1 aliphatic heterocycles. The lowest BCUT2D eigenvalue weighted by atomic mass is 10.2. The van der Waals surface area contributed by atoms with E-state index in [1.807, 2.05) is 30.6 Å². The van der Waals surface area contributed by atoms with Gasteiger partial charge in [-0.15, -0.1) is 0 Å². The largest absolute Gasteiger partial charge is 0.251 e. The quantitative estimate of drug-likeness (QED) is 0.702. The third-order valence-electron chi connectivity index (χ3n) is 2.35. The maximum atomic E-state index is 5.90. The molecule has 0 atom stereocenters. The van der Waals surface area contributed by atoms with Crippen LogP contribution >= 0.6 is 27.5 Å². The molecule has 1 aromatic rings. The van der Waals surface area contributed by atoms with E-state index in [1.54, 1.807) is 0 Å². The second-order valence-corrected chi connectivity index (χ2v) is 5.21. The van der Waals surface area contributed by atoms with Crippen molar-refractivity contribution in [2.24, 2.45) is 4.99 Å². The molecule has 0 amide bonds. The van der Waals surface area contributed by atoms with Gasteiger partial charge in [0.1, 0.15) is 6.20 Å². The van der Waals surface area contributed by atoms with Gasteiger partial charge in [-0.05, 0) is 34.1 Å². The van der Waals surface area contributed by atoms with Crippen LogP contribution in [0.25, 0.3) is 0 Å². The van der Waals surface area contributed by atoms with Gasteiger partial charge in [0.05, 0.1) is 25.9 Å². The summed E-state index contributed by atoms with van der Waals surface area (Å²) in [6, 6.07) is 5.75. The van der Waals surface area contributed by atoms with Gasteiger partial charge in [0, 0.05) is 9.50 Å². The number of hydrogen-bond donors (Lipinski definition) is 0. The molecule has 0 bridgehead atoms. The normalized spacial score (nSPS) is 18.0. The Morgan fingerprint density at radius 2 is 2.07 bits per heavy atom. The zero-order valence-corrected chi connectivity index (χ0v) is 10.9. The van der Waals surface area contributed by atoms with E-state index in [0.29, 0.717) is 4.48 Å². The zero-order valence-electron chi connectivity index (χ0n) is 8.54. The van der Waals surface area contributed by atoms with E-state index in [2.05, 4.69) is 35.0 Å². The second kappa shape index (κ2) is 3.74. The van der Waals surface area contributed by atoms with Crippen molar-refractivity contribution in [3.05, 3.63) is 45.7 Å². The Labute approximate surface area is 103 Å². The maximum absolute atomic E-state index is 5.90. The Morgan fingerprint density at radius 3 is 2.60 bits per heavy atom. The SMILES string of the molecule is C[N+]1(C)C=CN=C1c1ccc(Cl)cc1Br. The molecule has 15 heavy (non-hydrogen) atoms. The van der Waals surface area contributed by atoms with E-state index in [1.165, 1.54) is 0 Å².